The maximum absolute atomic E-state index is 11.8. The molecule has 1 aliphatic carbocycles. The summed E-state index contributed by atoms with van der Waals surface area (Å²) in [6, 6.07) is 5.16. The van der Waals surface area contributed by atoms with E-state index < -0.39 is 11.9 Å². The summed E-state index contributed by atoms with van der Waals surface area (Å²) in [5.41, 5.74) is 0.820. The Balaban J connectivity index is 2.19. The van der Waals surface area contributed by atoms with E-state index in [1.54, 1.807) is 13.0 Å². The van der Waals surface area contributed by atoms with Crippen molar-refractivity contribution in [3.63, 3.8) is 0 Å². The van der Waals surface area contributed by atoms with Gasteiger partial charge < -0.3 is 15.2 Å². The van der Waals surface area contributed by atoms with E-state index in [9.17, 15) is 14.7 Å². The molecule has 21 heavy (non-hydrogen) atoms. The van der Waals surface area contributed by atoms with Crippen LogP contribution in [0.1, 0.15) is 59.7 Å². The Kier molecular flexibility index (Phi) is 5.20. The first kappa shape index (κ1) is 15.4. The molecular formula is C16H21NO4. The second kappa shape index (κ2) is 7.11. The number of carboxylic acid groups (broad SMARTS) is 1. The molecule has 1 aromatic rings. The topological polar surface area (TPSA) is 75.6 Å². The molecule has 0 bridgehead atoms. The minimum atomic E-state index is -1.12. The minimum Gasteiger partial charge on any atom is -0.478 e. The zero-order chi connectivity index (χ0) is 15.2. The van der Waals surface area contributed by atoms with E-state index in [1.807, 2.05) is 0 Å². The van der Waals surface area contributed by atoms with Gasteiger partial charge in [0.1, 0.15) is 0 Å². The van der Waals surface area contributed by atoms with Gasteiger partial charge in [0.2, 0.25) is 0 Å². The first-order valence-corrected chi connectivity index (χ1v) is 7.42. The maximum atomic E-state index is 11.8. The van der Waals surface area contributed by atoms with Gasteiger partial charge in [-0.1, -0.05) is 19.3 Å². The summed E-state index contributed by atoms with van der Waals surface area (Å²) < 4.78 is 4.89. The monoisotopic (exact) mass is 291 g/mol. The third kappa shape index (κ3) is 3.97. The molecule has 0 saturated heterocycles. The number of benzene rings is 1. The second-order valence-corrected chi connectivity index (χ2v) is 5.27. The molecule has 114 valence electrons. The number of hydrogen-bond donors (Lipinski definition) is 2. The molecule has 0 radical (unpaired) electrons. The SMILES string of the molecule is CCOC(=O)c1ccc(NC2CCCCC2)cc1C(=O)O. The third-order valence-electron chi connectivity index (χ3n) is 3.72. The number of anilines is 1. The van der Waals surface area contributed by atoms with Gasteiger partial charge in [0.05, 0.1) is 17.7 Å². The fourth-order valence-corrected chi connectivity index (χ4v) is 2.68. The van der Waals surface area contributed by atoms with Crippen molar-refractivity contribution in [1.82, 2.24) is 0 Å². The van der Waals surface area contributed by atoms with Gasteiger partial charge in [-0.05, 0) is 38.0 Å². The van der Waals surface area contributed by atoms with Gasteiger partial charge >= 0.3 is 11.9 Å². The number of carbonyl (C=O) groups excluding carboxylic acids is 1. The summed E-state index contributed by atoms with van der Waals surface area (Å²) in [7, 11) is 0. The van der Waals surface area contributed by atoms with Gasteiger partial charge in [-0.3, -0.25) is 0 Å². The molecule has 2 rings (SSSR count). The molecular weight excluding hydrogens is 270 g/mol. The number of rotatable bonds is 5. The smallest absolute Gasteiger partial charge is 0.338 e. The second-order valence-electron chi connectivity index (χ2n) is 5.27. The van der Waals surface area contributed by atoms with Gasteiger partial charge in [0, 0.05) is 11.7 Å². The maximum Gasteiger partial charge on any atom is 0.338 e. The van der Waals surface area contributed by atoms with Crippen LogP contribution in [0.2, 0.25) is 0 Å². The average Bonchev–Trinajstić information content (AvgIpc) is 2.48. The number of nitrogens with one attached hydrogen (secondary N) is 1. The van der Waals surface area contributed by atoms with Crippen LogP contribution in [0.3, 0.4) is 0 Å². The molecule has 1 aromatic carbocycles. The van der Waals surface area contributed by atoms with Crippen LogP contribution in [0.25, 0.3) is 0 Å². The van der Waals surface area contributed by atoms with Crippen LogP contribution in [0.4, 0.5) is 5.69 Å². The van der Waals surface area contributed by atoms with Crippen molar-refractivity contribution in [2.45, 2.75) is 45.1 Å². The number of ether oxygens (including phenoxy) is 1. The van der Waals surface area contributed by atoms with Gasteiger partial charge in [0.15, 0.2) is 0 Å². The number of carbonyl (C=O) groups is 2. The molecule has 0 heterocycles. The Bertz CT molecular complexity index is 521. The van der Waals surface area contributed by atoms with E-state index in [4.69, 9.17) is 4.74 Å². The molecule has 5 nitrogen and oxygen atoms in total. The number of aromatic carboxylic acids is 1. The molecule has 0 spiro atoms. The van der Waals surface area contributed by atoms with Gasteiger partial charge in [0.25, 0.3) is 0 Å². The Morgan fingerprint density at radius 1 is 1.24 bits per heavy atom. The lowest BCUT2D eigenvalue weighted by Gasteiger charge is -2.24. The van der Waals surface area contributed by atoms with E-state index >= 15 is 0 Å². The van der Waals surface area contributed by atoms with E-state index in [0.29, 0.717) is 6.04 Å². The summed E-state index contributed by atoms with van der Waals surface area (Å²) >= 11 is 0. The van der Waals surface area contributed by atoms with Crippen LogP contribution < -0.4 is 5.32 Å². The van der Waals surface area contributed by atoms with Crippen molar-refractivity contribution >= 4 is 17.6 Å². The van der Waals surface area contributed by atoms with E-state index in [0.717, 1.165) is 18.5 Å². The number of esters is 1. The molecule has 5 heteroatoms. The molecule has 0 unspecified atom stereocenters. The van der Waals surface area contributed by atoms with Gasteiger partial charge in [-0.15, -0.1) is 0 Å². The molecule has 0 amide bonds. The van der Waals surface area contributed by atoms with Crippen molar-refractivity contribution in [3.05, 3.63) is 29.3 Å². The Morgan fingerprint density at radius 2 is 1.95 bits per heavy atom. The normalized spacial score (nSPS) is 15.5. The minimum absolute atomic E-state index is 0.0192. The lowest BCUT2D eigenvalue weighted by molar-refractivity contribution is 0.0514. The van der Waals surface area contributed by atoms with Crippen LogP contribution >= 0.6 is 0 Å². The molecule has 1 saturated carbocycles. The Morgan fingerprint density at radius 3 is 2.57 bits per heavy atom. The van der Waals surface area contributed by atoms with Crippen molar-refractivity contribution in [2.75, 3.05) is 11.9 Å². The average molecular weight is 291 g/mol. The van der Waals surface area contributed by atoms with E-state index in [2.05, 4.69) is 5.32 Å². The lowest BCUT2D eigenvalue weighted by atomic mass is 9.95. The molecule has 0 aliphatic heterocycles. The van der Waals surface area contributed by atoms with Crippen LogP contribution in [0.15, 0.2) is 18.2 Å². The highest BCUT2D eigenvalue weighted by Crippen LogP contribution is 2.23. The van der Waals surface area contributed by atoms with Crippen LogP contribution in [0, 0.1) is 0 Å². The summed E-state index contributed by atoms with van der Waals surface area (Å²) in [5.74, 6) is -1.72. The summed E-state index contributed by atoms with van der Waals surface area (Å²) in [6.07, 6.45) is 5.86. The largest absolute Gasteiger partial charge is 0.478 e. The van der Waals surface area contributed by atoms with Crippen molar-refractivity contribution in [2.24, 2.45) is 0 Å². The van der Waals surface area contributed by atoms with Crippen molar-refractivity contribution in [3.8, 4) is 0 Å². The number of hydrogen-bond acceptors (Lipinski definition) is 4. The first-order valence-electron chi connectivity index (χ1n) is 7.42. The van der Waals surface area contributed by atoms with Crippen LogP contribution in [-0.4, -0.2) is 29.7 Å². The van der Waals surface area contributed by atoms with Crippen LogP contribution in [-0.2, 0) is 4.74 Å². The molecule has 1 fully saturated rings. The van der Waals surface area contributed by atoms with E-state index in [-0.39, 0.29) is 17.7 Å². The fraction of sp³-hybridized carbons (Fsp3) is 0.500. The highest BCUT2D eigenvalue weighted by Gasteiger charge is 2.19. The summed E-state index contributed by atoms with van der Waals surface area (Å²) in [4.78, 5) is 23.1. The molecule has 1 aliphatic rings. The predicted octanol–water partition coefficient (Wildman–Crippen LogP) is 3.31. The fourth-order valence-electron chi connectivity index (χ4n) is 2.68. The highest BCUT2D eigenvalue weighted by atomic mass is 16.5. The van der Waals surface area contributed by atoms with Crippen molar-refractivity contribution in [1.29, 1.82) is 0 Å². The van der Waals surface area contributed by atoms with Crippen molar-refractivity contribution < 1.29 is 19.4 Å². The predicted molar refractivity (Wildman–Crippen MR) is 79.9 cm³/mol. The highest BCUT2D eigenvalue weighted by molar-refractivity contribution is 6.03. The van der Waals surface area contributed by atoms with Crippen LogP contribution in [0.5, 0.6) is 0 Å². The molecule has 0 atom stereocenters. The molecule has 0 aromatic heterocycles. The summed E-state index contributed by atoms with van der Waals surface area (Å²) in [5, 5.41) is 12.6. The van der Waals surface area contributed by atoms with Gasteiger partial charge in [-0.25, -0.2) is 9.59 Å². The van der Waals surface area contributed by atoms with Gasteiger partial charge in [-0.2, -0.15) is 0 Å². The zero-order valence-corrected chi connectivity index (χ0v) is 12.2. The quantitative estimate of drug-likeness (QED) is 0.814. The Labute approximate surface area is 124 Å². The third-order valence-corrected chi connectivity index (χ3v) is 3.72. The van der Waals surface area contributed by atoms with E-state index in [1.165, 1.54) is 31.4 Å². The number of carboxylic acids is 1. The summed E-state index contributed by atoms with van der Waals surface area (Å²) in [6.45, 7) is 1.91. The lowest BCUT2D eigenvalue weighted by Crippen LogP contribution is -2.22. The molecule has 2 N–H and O–H groups in total. The Hall–Kier alpha value is -2.04. The first-order chi connectivity index (χ1) is 10.1. The zero-order valence-electron chi connectivity index (χ0n) is 12.2. The standard InChI is InChI=1S/C16H21NO4/c1-2-21-16(20)13-9-8-12(10-14(13)15(18)19)17-11-6-4-3-5-7-11/h8-11,17H,2-7H2,1H3,(H,18,19).